The molecule has 80 valence electrons. The summed E-state index contributed by atoms with van der Waals surface area (Å²) in [4.78, 5) is 10.0. The first kappa shape index (κ1) is 11.9. The van der Waals surface area contributed by atoms with Crippen molar-refractivity contribution in [3.63, 3.8) is 0 Å². The molecule has 1 aromatic carbocycles. The van der Waals surface area contributed by atoms with Crippen molar-refractivity contribution in [1.29, 1.82) is 0 Å². The third-order valence-electron chi connectivity index (χ3n) is 1.59. The SMILES string of the molecule is O=[N+]([O-])c1cc(Br)c(O)c(Br)c1/C=N/O. The Kier molecular flexibility index (Phi) is 3.64. The van der Waals surface area contributed by atoms with Crippen LogP contribution in [0.5, 0.6) is 5.75 Å². The van der Waals surface area contributed by atoms with Crippen LogP contribution in [0.3, 0.4) is 0 Å². The summed E-state index contributed by atoms with van der Waals surface area (Å²) in [5, 5.41) is 31.1. The highest BCUT2D eigenvalue weighted by atomic mass is 79.9. The number of oxime groups is 1. The molecule has 15 heavy (non-hydrogen) atoms. The van der Waals surface area contributed by atoms with E-state index in [1.54, 1.807) is 0 Å². The molecule has 0 unspecified atom stereocenters. The maximum absolute atomic E-state index is 10.7. The number of nitro benzene ring substituents is 1. The van der Waals surface area contributed by atoms with Crippen molar-refractivity contribution in [3.8, 4) is 5.75 Å². The largest absolute Gasteiger partial charge is 0.506 e. The van der Waals surface area contributed by atoms with E-state index in [9.17, 15) is 15.2 Å². The maximum atomic E-state index is 10.7. The van der Waals surface area contributed by atoms with Crippen LogP contribution in [0.2, 0.25) is 0 Å². The Labute approximate surface area is 101 Å². The summed E-state index contributed by atoms with van der Waals surface area (Å²) in [6.45, 7) is 0. The Morgan fingerprint density at radius 2 is 2.13 bits per heavy atom. The number of hydrogen-bond acceptors (Lipinski definition) is 5. The summed E-state index contributed by atoms with van der Waals surface area (Å²) in [6.07, 6.45) is 0.869. The molecular formula is C7H4Br2N2O4. The number of nitro groups is 1. The number of rotatable bonds is 2. The lowest BCUT2D eigenvalue weighted by molar-refractivity contribution is -0.385. The molecule has 6 nitrogen and oxygen atoms in total. The number of phenols is 1. The second kappa shape index (κ2) is 4.58. The van der Waals surface area contributed by atoms with Gasteiger partial charge >= 0.3 is 0 Å². The van der Waals surface area contributed by atoms with E-state index in [2.05, 4.69) is 37.0 Å². The second-order valence-electron chi connectivity index (χ2n) is 2.46. The van der Waals surface area contributed by atoms with Crippen LogP contribution in [0.15, 0.2) is 20.2 Å². The van der Waals surface area contributed by atoms with Crippen molar-refractivity contribution in [2.45, 2.75) is 0 Å². The van der Waals surface area contributed by atoms with E-state index in [1.165, 1.54) is 0 Å². The van der Waals surface area contributed by atoms with Crippen LogP contribution < -0.4 is 0 Å². The molecule has 8 heteroatoms. The minimum Gasteiger partial charge on any atom is -0.506 e. The van der Waals surface area contributed by atoms with E-state index in [-0.39, 0.29) is 25.9 Å². The smallest absolute Gasteiger partial charge is 0.280 e. The van der Waals surface area contributed by atoms with Gasteiger partial charge in [0, 0.05) is 6.07 Å². The molecular weight excluding hydrogens is 336 g/mol. The molecule has 0 aromatic heterocycles. The Balaban J connectivity index is 3.57. The van der Waals surface area contributed by atoms with Crippen molar-refractivity contribution in [2.75, 3.05) is 0 Å². The molecule has 0 aliphatic heterocycles. The van der Waals surface area contributed by atoms with Gasteiger partial charge in [0.1, 0.15) is 5.75 Å². The predicted molar refractivity (Wildman–Crippen MR) is 59.5 cm³/mol. The van der Waals surface area contributed by atoms with Gasteiger partial charge in [0.05, 0.1) is 25.6 Å². The molecule has 0 fully saturated rings. The van der Waals surface area contributed by atoms with E-state index >= 15 is 0 Å². The Morgan fingerprint density at radius 3 is 2.60 bits per heavy atom. The third-order valence-corrected chi connectivity index (χ3v) is 3.00. The fourth-order valence-corrected chi connectivity index (χ4v) is 2.14. The van der Waals surface area contributed by atoms with Gasteiger partial charge in [-0.15, -0.1) is 0 Å². The monoisotopic (exact) mass is 338 g/mol. The van der Waals surface area contributed by atoms with E-state index < -0.39 is 4.92 Å². The molecule has 1 aromatic rings. The van der Waals surface area contributed by atoms with Gasteiger partial charge in [-0.1, -0.05) is 5.16 Å². The highest BCUT2D eigenvalue weighted by Gasteiger charge is 2.21. The molecule has 0 aliphatic rings. The Bertz CT molecular complexity index is 447. The lowest BCUT2D eigenvalue weighted by Crippen LogP contribution is -1.96. The average Bonchev–Trinajstić information content (AvgIpc) is 2.18. The molecule has 0 radical (unpaired) electrons. The first-order valence-electron chi connectivity index (χ1n) is 3.51. The summed E-state index contributed by atoms with van der Waals surface area (Å²) in [6, 6.07) is 1.12. The normalized spacial score (nSPS) is 10.8. The zero-order chi connectivity index (χ0) is 11.6. The van der Waals surface area contributed by atoms with E-state index in [0.29, 0.717) is 0 Å². The van der Waals surface area contributed by atoms with Gasteiger partial charge in [-0.25, -0.2) is 0 Å². The van der Waals surface area contributed by atoms with Gasteiger partial charge in [-0.2, -0.15) is 0 Å². The van der Waals surface area contributed by atoms with Crippen LogP contribution in [-0.2, 0) is 0 Å². The van der Waals surface area contributed by atoms with Crippen LogP contribution in [0.1, 0.15) is 5.56 Å². The third kappa shape index (κ3) is 2.26. The van der Waals surface area contributed by atoms with Crippen LogP contribution in [-0.4, -0.2) is 21.5 Å². The quantitative estimate of drug-likeness (QED) is 0.374. The molecule has 1 rings (SSSR count). The first-order chi connectivity index (χ1) is 6.99. The Hall–Kier alpha value is -1.15. The molecule has 0 saturated heterocycles. The molecule has 2 N–H and O–H groups in total. The molecule has 0 aliphatic carbocycles. The molecule has 0 atom stereocenters. The zero-order valence-electron chi connectivity index (χ0n) is 7.02. The van der Waals surface area contributed by atoms with Crippen molar-refractivity contribution in [2.24, 2.45) is 5.16 Å². The topological polar surface area (TPSA) is 96.0 Å². The minimum absolute atomic E-state index is 0.0109. The van der Waals surface area contributed by atoms with Crippen molar-refractivity contribution >= 4 is 43.8 Å². The van der Waals surface area contributed by atoms with Crippen LogP contribution in [0.25, 0.3) is 0 Å². The van der Waals surface area contributed by atoms with Crippen LogP contribution in [0, 0.1) is 10.1 Å². The van der Waals surface area contributed by atoms with E-state index in [1.807, 2.05) is 0 Å². The summed E-state index contributed by atoms with van der Waals surface area (Å²) in [5.41, 5.74) is -0.299. The maximum Gasteiger partial charge on any atom is 0.280 e. The molecule has 0 heterocycles. The molecule has 0 bridgehead atoms. The van der Waals surface area contributed by atoms with Crippen molar-refractivity contribution in [3.05, 3.63) is 30.7 Å². The van der Waals surface area contributed by atoms with Gasteiger partial charge in [-0.05, 0) is 31.9 Å². The van der Waals surface area contributed by atoms with Gasteiger partial charge in [0.25, 0.3) is 5.69 Å². The first-order valence-corrected chi connectivity index (χ1v) is 5.10. The Morgan fingerprint density at radius 1 is 1.53 bits per heavy atom. The number of benzene rings is 1. The molecule has 0 saturated carbocycles. The standard InChI is InChI=1S/C7H4Br2N2O4/c8-4-1-5(11(14)15)3(2-10-13)6(9)7(4)12/h1-2,12-13H/b10-2+. The van der Waals surface area contributed by atoms with Crippen molar-refractivity contribution in [1.82, 2.24) is 0 Å². The average molecular weight is 340 g/mol. The lowest BCUT2D eigenvalue weighted by atomic mass is 10.2. The number of phenolic OH excluding ortho intramolecular Hbond substituents is 1. The second-order valence-corrected chi connectivity index (χ2v) is 4.10. The summed E-state index contributed by atoms with van der Waals surface area (Å²) in [7, 11) is 0. The number of halogens is 2. The number of hydrogen-bond donors (Lipinski definition) is 2. The van der Waals surface area contributed by atoms with Crippen molar-refractivity contribution < 1.29 is 15.2 Å². The number of aromatic hydroxyl groups is 1. The summed E-state index contributed by atoms with van der Waals surface area (Å²) >= 11 is 5.92. The van der Waals surface area contributed by atoms with Gasteiger partial charge in [0.2, 0.25) is 0 Å². The van der Waals surface area contributed by atoms with Gasteiger partial charge in [-0.3, -0.25) is 10.1 Å². The predicted octanol–water partition coefficient (Wildman–Crippen LogP) is 2.63. The lowest BCUT2D eigenvalue weighted by Gasteiger charge is -2.04. The number of nitrogens with zero attached hydrogens (tertiary/aromatic N) is 2. The van der Waals surface area contributed by atoms with Gasteiger partial charge < -0.3 is 10.3 Å². The highest BCUT2D eigenvalue weighted by Crippen LogP contribution is 2.39. The summed E-state index contributed by atoms with van der Waals surface area (Å²) < 4.78 is 0.262. The molecule has 0 amide bonds. The fourth-order valence-electron chi connectivity index (χ4n) is 0.943. The van der Waals surface area contributed by atoms with Crippen LogP contribution in [0.4, 0.5) is 5.69 Å². The zero-order valence-corrected chi connectivity index (χ0v) is 10.2. The highest BCUT2D eigenvalue weighted by molar-refractivity contribution is 9.11. The van der Waals surface area contributed by atoms with Gasteiger partial charge in [0.15, 0.2) is 0 Å². The van der Waals surface area contributed by atoms with E-state index in [4.69, 9.17) is 5.21 Å². The van der Waals surface area contributed by atoms with Crippen LogP contribution >= 0.6 is 31.9 Å². The summed E-state index contributed by atoms with van der Waals surface area (Å²) in [5.74, 6) is -0.199. The van der Waals surface area contributed by atoms with E-state index in [0.717, 1.165) is 12.3 Å². The molecule has 0 spiro atoms. The fraction of sp³-hybridized carbons (Fsp3) is 0. The minimum atomic E-state index is -0.647.